The summed E-state index contributed by atoms with van der Waals surface area (Å²) in [4.78, 5) is 4.91. The Morgan fingerprint density at radius 1 is 1.50 bits per heavy atom. The molecular formula is C12H21N3S. The highest BCUT2D eigenvalue weighted by Gasteiger charge is 2.23. The van der Waals surface area contributed by atoms with E-state index >= 15 is 0 Å². The maximum absolute atomic E-state index is 5.84. The molecule has 0 bridgehead atoms. The molecule has 0 spiro atoms. The van der Waals surface area contributed by atoms with E-state index in [1.807, 2.05) is 0 Å². The summed E-state index contributed by atoms with van der Waals surface area (Å²) in [7, 11) is 2.18. The van der Waals surface area contributed by atoms with Crippen molar-refractivity contribution in [3.8, 4) is 0 Å². The molecule has 0 saturated carbocycles. The van der Waals surface area contributed by atoms with E-state index in [4.69, 9.17) is 5.73 Å². The number of hydrogen-bond donors (Lipinski definition) is 1. The predicted octanol–water partition coefficient (Wildman–Crippen LogP) is 0.865. The van der Waals surface area contributed by atoms with Crippen LogP contribution in [-0.2, 0) is 6.42 Å². The first-order chi connectivity index (χ1) is 7.79. The molecule has 3 nitrogen and oxygen atoms in total. The van der Waals surface area contributed by atoms with Crippen molar-refractivity contribution in [2.45, 2.75) is 12.5 Å². The zero-order chi connectivity index (χ0) is 11.4. The van der Waals surface area contributed by atoms with Crippen molar-refractivity contribution in [2.75, 3.05) is 39.8 Å². The first-order valence-electron chi connectivity index (χ1n) is 5.93. The fourth-order valence-electron chi connectivity index (χ4n) is 2.27. The second-order valence-corrected chi connectivity index (χ2v) is 5.35. The highest BCUT2D eigenvalue weighted by molar-refractivity contribution is 7.07. The molecule has 1 aliphatic heterocycles. The Balaban J connectivity index is 1.83. The van der Waals surface area contributed by atoms with Gasteiger partial charge in [0.2, 0.25) is 0 Å². The molecule has 1 atom stereocenters. The molecule has 0 amide bonds. The Kier molecular flexibility index (Phi) is 4.35. The van der Waals surface area contributed by atoms with Gasteiger partial charge in [-0.15, -0.1) is 0 Å². The van der Waals surface area contributed by atoms with Crippen LogP contribution in [0.1, 0.15) is 5.56 Å². The molecule has 1 aromatic heterocycles. The van der Waals surface area contributed by atoms with Crippen LogP contribution >= 0.6 is 11.3 Å². The van der Waals surface area contributed by atoms with Crippen molar-refractivity contribution in [1.82, 2.24) is 9.80 Å². The molecule has 0 radical (unpaired) electrons. The van der Waals surface area contributed by atoms with E-state index in [1.165, 1.54) is 12.1 Å². The van der Waals surface area contributed by atoms with Gasteiger partial charge in [0.25, 0.3) is 0 Å². The van der Waals surface area contributed by atoms with Crippen molar-refractivity contribution in [3.63, 3.8) is 0 Å². The summed E-state index contributed by atoms with van der Waals surface area (Å²) in [5.41, 5.74) is 7.30. The predicted molar refractivity (Wildman–Crippen MR) is 69.9 cm³/mol. The van der Waals surface area contributed by atoms with Crippen LogP contribution < -0.4 is 5.73 Å². The standard InChI is InChI=1S/C12H21N3S/c1-14-5-6-15(12(8-13)9-14)4-2-11-3-7-16-10-11/h3,7,10,12H,2,4-6,8-9,13H2,1H3. The van der Waals surface area contributed by atoms with Crippen LogP contribution in [0.2, 0.25) is 0 Å². The second-order valence-electron chi connectivity index (χ2n) is 4.57. The third-order valence-electron chi connectivity index (χ3n) is 3.35. The number of nitrogens with zero attached hydrogens (tertiary/aromatic N) is 2. The smallest absolute Gasteiger partial charge is 0.0346 e. The quantitative estimate of drug-likeness (QED) is 0.846. The van der Waals surface area contributed by atoms with Gasteiger partial charge in [0, 0.05) is 38.8 Å². The number of nitrogens with two attached hydrogens (primary N) is 1. The zero-order valence-corrected chi connectivity index (χ0v) is 10.7. The highest BCUT2D eigenvalue weighted by atomic mass is 32.1. The van der Waals surface area contributed by atoms with Crippen molar-refractivity contribution < 1.29 is 0 Å². The van der Waals surface area contributed by atoms with Gasteiger partial charge >= 0.3 is 0 Å². The van der Waals surface area contributed by atoms with E-state index in [-0.39, 0.29) is 0 Å². The van der Waals surface area contributed by atoms with Crippen molar-refractivity contribution >= 4 is 11.3 Å². The molecule has 2 N–H and O–H groups in total. The summed E-state index contributed by atoms with van der Waals surface area (Å²) in [6.45, 7) is 5.35. The van der Waals surface area contributed by atoms with Gasteiger partial charge in [-0.1, -0.05) is 0 Å². The van der Waals surface area contributed by atoms with Gasteiger partial charge in [-0.05, 0) is 35.9 Å². The molecule has 16 heavy (non-hydrogen) atoms. The topological polar surface area (TPSA) is 32.5 Å². The fraction of sp³-hybridized carbons (Fsp3) is 0.667. The van der Waals surface area contributed by atoms with Crippen LogP contribution in [0, 0.1) is 0 Å². The van der Waals surface area contributed by atoms with Gasteiger partial charge in [-0.25, -0.2) is 0 Å². The molecule has 1 fully saturated rings. The molecule has 2 rings (SSSR count). The van der Waals surface area contributed by atoms with E-state index < -0.39 is 0 Å². The third-order valence-corrected chi connectivity index (χ3v) is 4.08. The Morgan fingerprint density at radius 3 is 3.06 bits per heavy atom. The van der Waals surface area contributed by atoms with Gasteiger partial charge in [0.15, 0.2) is 0 Å². The average Bonchev–Trinajstić information content (AvgIpc) is 2.80. The van der Waals surface area contributed by atoms with Crippen molar-refractivity contribution in [3.05, 3.63) is 22.4 Å². The molecular weight excluding hydrogens is 218 g/mol. The van der Waals surface area contributed by atoms with Gasteiger partial charge in [0.05, 0.1) is 0 Å². The van der Waals surface area contributed by atoms with Crippen LogP contribution in [0.15, 0.2) is 16.8 Å². The summed E-state index contributed by atoms with van der Waals surface area (Å²) >= 11 is 1.78. The van der Waals surface area contributed by atoms with Crippen molar-refractivity contribution in [1.29, 1.82) is 0 Å². The Bertz CT molecular complexity index is 299. The van der Waals surface area contributed by atoms with E-state index in [9.17, 15) is 0 Å². The monoisotopic (exact) mass is 239 g/mol. The molecule has 90 valence electrons. The lowest BCUT2D eigenvalue weighted by Crippen LogP contribution is -2.55. The average molecular weight is 239 g/mol. The van der Waals surface area contributed by atoms with E-state index in [1.54, 1.807) is 11.3 Å². The maximum atomic E-state index is 5.84. The first-order valence-corrected chi connectivity index (χ1v) is 6.87. The Hall–Kier alpha value is -0.420. The van der Waals surface area contributed by atoms with Crippen molar-refractivity contribution in [2.24, 2.45) is 5.73 Å². The zero-order valence-electron chi connectivity index (χ0n) is 9.93. The number of rotatable bonds is 4. The molecule has 0 aromatic carbocycles. The molecule has 1 unspecified atom stereocenters. The Morgan fingerprint density at radius 2 is 2.38 bits per heavy atom. The molecule has 0 aliphatic carbocycles. The minimum atomic E-state index is 0.539. The highest BCUT2D eigenvalue weighted by Crippen LogP contribution is 2.11. The lowest BCUT2D eigenvalue weighted by atomic mass is 10.1. The first kappa shape index (κ1) is 12.0. The molecule has 4 heteroatoms. The summed E-state index contributed by atoms with van der Waals surface area (Å²) in [5, 5.41) is 4.40. The minimum absolute atomic E-state index is 0.539. The lowest BCUT2D eigenvalue weighted by molar-refractivity contribution is 0.0956. The van der Waals surface area contributed by atoms with Crippen LogP contribution in [0.5, 0.6) is 0 Å². The number of likely N-dealkylation sites (N-methyl/N-ethyl adjacent to an activating group) is 1. The number of piperazine rings is 1. The van der Waals surface area contributed by atoms with Crippen LogP contribution in [0.25, 0.3) is 0 Å². The Labute approximate surface area is 102 Å². The van der Waals surface area contributed by atoms with Crippen LogP contribution in [0.4, 0.5) is 0 Å². The van der Waals surface area contributed by atoms with E-state index in [2.05, 4.69) is 33.7 Å². The summed E-state index contributed by atoms with van der Waals surface area (Å²) in [6, 6.07) is 2.76. The van der Waals surface area contributed by atoms with E-state index in [0.29, 0.717) is 6.04 Å². The fourth-order valence-corrected chi connectivity index (χ4v) is 2.98. The molecule has 1 saturated heterocycles. The normalized spacial score (nSPS) is 23.8. The SMILES string of the molecule is CN1CCN(CCc2ccsc2)C(CN)C1. The van der Waals surface area contributed by atoms with E-state index in [0.717, 1.165) is 32.6 Å². The summed E-state index contributed by atoms with van der Waals surface area (Å²) in [5.74, 6) is 0. The minimum Gasteiger partial charge on any atom is -0.329 e. The van der Waals surface area contributed by atoms with Gasteiger partial charge in [-0.3, -0.25) is 4.90 Å². The van der Waals surface area contributed by atoms with Crippen LogP contribution in [-0.4, -0.2) is 55.6 Å². The number of thiophene rings is 1. The van der Waals surface area contributed by atoms with Gasteiger partial charge in [0.1, 0.15) is 0 Å². The lowest BCUT2D eigenvalue weighted by Gasteiger charge is -2.39. The summed E-state index contributed by atoms with van der Waals surface area (Å²) < 4.78 is 0. The maximum Gasteiger partial charge on any atom is 0.0346 e. The van der Waals surface area contributed by atoms with Gasteiger partial charge < -0.3 is 10.6 Å². The second kappa shape index (κ2) is 5.77. The molecule has 2 heterocycles. The summed E-state index contributed by atoms with van der Waals surface area (Å²) in [6.07, 6.45) is 1.16. The van der Waals surface area contributed by atoms with Gasteiger partial charge in [-0.2, -0.15) is 11.3 Å². The molecule has 1 aliphatic rings. The van der Waals surface area contributed by atoms with Crippen LogP contribution in [0.3, 0.4) is 0 Å². The third kappa shape index (κ3) is 3.04. The molecule has 1 aromatic rings. The number of hydrogen-bond acceptors (Lipinski definition) is 4. The largest absolute Gasteiger partial charge is 0.329 e.